The molecule has 11 heavy (non-hydrogen) atoms. The van der Waals surface area contributed by atoms with Gasteiger partial charge in [0.15, 0.2) is 5.82 Å². The Kier molecular flexibility index (Phi) is 2.54. The Morgan fingerprint density at radius 1 is 1.45 bits per heavy atom. The van der Waals surface area contributed by atoms with Gasteiger partial charge in [-0.3, -0.25) is 0 Å². The molecular weight excluding hydrogens is 279 g/mol. The van der Waals surface area contributed by atoms with Crippen LogP contribution in [0.5, 0.6) is 5.75 Å². The highest BCUT2D eigenvalue weighted by Crippen LogP contribution is 2.34. The van der Waals surface area contributed by atoms with E-state index in [1.165, 1.54) is 6.07 Å². The first kappa shape index (κ1) is 9.00. The second kappa shape index (κ2) is 3.11. The molecule has 1 N–H and O–H groups in total. The minimum atomic E-state index is -0.479. The molecule has 60 valence electrons. The van der Waals surface area contributed by atoms with Crippen LogP contribution in [0, 0.1) is 12.7 Å². The van der Waals surface area contributed by atoms with Crippen LogP contribution in [0.3, 0.4) is 0 Å². The third kappa shape index (κ3) is 1.56. The summed E-state index contributed by atoms with van der Waals surface area (Å²) in [5, 5.41) is 9.20. The normalized spacial score (nSPS) is 10.2. The largest absolute Gasteiger partial charge is 0.506 e. The second-order valence-electron chi connectivity index (χ2n) is 2.15. The maximum absolute atomic E-state index is 12.9. The summed E-state index contributed by atoms with van der Waals surface area (Å²) in [6.45, 7) is 1.70. The van der Waals surface area contributed by atoms with Crippen molar-refractivity contribution in [3.8, 4) is 5.75 Å². The van der Waals surface area contributed by atoms with E-state index in [0.29, 0.717) is 10.0 Å². The minimum Gasteiger partial charge on any atom is -0.506 e. The first-order valence-corrected chi connectivity index (χ1v) is 4.45. The molecule has 0 spiro atoms. The first-order chi connectivity index (χ1) is 5.04. The predicted octanol–water partition coefficient (Wildman–Crippen LogP) is 3.36. The number of halogens is 3. The van der Waals surface area contributed by atoms with E-state index in [0.717, 1.165) is 0 Å². The molecule has 1 aromatic rings. The van der Waals surface area contributed by atoms with Gasteiger partial charge in [0.05, 0.1) is 8.95 Å². The average molecular weight is 284 g/mol. The van der Waals surface area contributed by atoms with Crippen molar-refractivity contribution >= 4 is 31.9 Å². The van der Waals surface area contributed by atoms with Crippen LogP contribution in [0.4, 0.5) is 4.39 Å². The predicted molar refractivity (Wildman–Crippen MR) is 48.2 cm³/mol. The van der Waals surface area contributed by atoms with Crippen molar-refractivity contribution in [2.24, 2.45) is 0 Å². The van der Waals surface area contributed by atoms with E-state index in [1.54, 1.807) is 6.92 Å². The van der Waals surface area contributed by atoms with E-state index in [1.807, 2.05) is 0 Å². The monoisotopic (exact) mass is 282 g/mol. The number of phenols is 1. The highest BCUT2D eigenvalue weighted by Gasteiger charge is 2.11. The summed E-state index contributed by atoms with van der Waals surface area (Å²) < 4.78 is 13.4. The van der Waals surface area contributed by atoms with E-state index < -0.39 is 5.82 Å². The standard InChI is InChI=1S/C7H5Br2FO/c1-3-2-4(8)6(10)5(9)7(3)11/h2,11H,1H3. The number of aromatic hydroxyl groups is 1. The van der Waals surface area contributed by atoms with Crippen LogP contribution >= 0.6 is 31.9 Å². The Bertz CT molecular complexity index is 273. The summed E-state index contributed by atoms with van der Waals surface area (Å²) in [6, 6.07) is 1.52. The van der Waals surface area contributed by atoms with Crippen LogP contribution in [0.1, 0.15) is 5.56 Å². The summed E-state index contributed by atoms with van der Waals surface area (Å²) in [5.74, 6) is -0.529. The van der Waals surface area contributed by atoms with Crippen molar-refractivity contribution < 1.29 is 9.50 Å². The van der Waals surface area contributed by atoms with Gasteiger partial charge < -0.3 is 5.11 Å². The van der Waals surface area contributed by atoms with Gasteiger partial charge in [-0.2, -0.15) is 0 Å². The van der Waals surface area contributed by atoms with Gasteiger partial charge in [-0.15, -0.1) is 0 Å². The Morgan fingerprint density at radius 3 is 2.55 bits per heavy atom. The van der Waals surface area contributed by atoms with Crippen molar-refractivity contribution in [1.82, 2.24) is 0 Å². The summed E-state index contributed by atoms with van der Waals surface area (Å²) >= 11 is 5.94. The molecule has 1 rings (SSSR count). The molecule has 0 atom stereocenters. The fourth-order valence-corrected chi connectivity index (χ4v) is 2.04. The van der Waals surface area contributed by atoms with Crippen LogP contribution in [-0.4, -0.2) is 5.11 Å². The quantitative estimate of drug-likeness (QED) is 0.724. The van der Waals surface area contributed by atoms with Crippen molar-refractivity contribution in [1.29, 1.82) is 0 Å². The smallest absolute Gasteiger partial charge is 0.155 e. The maximum atomic E-state index is 12.9. The first-order valence-electron chi connectivity index (χ1n) is 2.87. The molecule has 0 radical (unpaired) electrons. The van der Waals surface area contributed by atoms with E-state index in [-0.39, 0.29) is 10.2 Å². The van der Waals surface area contributed by atoms with E-state index in [2.05, 4.69) is 31.9 Å². The van der Waals surface area contributed by atoms with E-state index in [4.69, 9.17) is 0 Å². The molecule has 0 saturated heterocycles. The topological polar surface area (TPSA) is 20.2 Å². The fraction of sp³-hybridized carbons (Fsp3) is 0.143. The Labute approximate surface area is 80.5 Å². The van der Waals surface area contributed by atoms with Crippen LogP contribution in [0.25, 0.3) is 0 Å². The summed E-state index contributed by atoms with van der Waals surface area (Å²) in [5.41, 5.74) is 0.630. The molecule has 0 aliphatic heterocycles. The number of hydrogen-bond acceptors (Lipinski definition) is 1. The van der Waals surface area contributed by atoms with Crippen LogP contribution in [-0.2, 0) is 0 Å². The molecule has 0 bridgehead atoms. The summed E-state index contributed by atoms with van der Waals surface area (Å²) in [6.07, 6.45) is 0. The zero-order valence-corrected chi connectivity index (χ0v) is 8.83. The Hall–Kier alpha value is -0.0900. The molecule has 0 aliphatic rings. The third-order valence-corrected chi connectivity index (χ3v) is 2.63. The lowest BCUT2D eigenvalue weighted by atomic mass is 10.2. The highest BCUT2D eigenvalue weighted by atomic mass is 79.9. The molecule has 0 amide bonds. The number of aryl methyl sites for hydroxylation is 1. The number of benzene rings is 1. The molecule has 0 unspecified atom stereocenters. The molecule has 0 saturated carbocycles. The van der Waals surface area contributed by atoms with Crippen molar-refractivity contribution in [2.45, 2.75) is 6.92 Å². The highest BCUT2D eigenvalue weighted by molar-refractivity contribution is 9.11. The van der Waals surface area contributed by atoms with Gasteiger partial charge in [-0.1, -0.05) is 0 Å². The molecule has 0 aromatic heterocycles. The van der Waals surface area contributed by atoms with E-state index in [9.17, 15) is 9.50 Å². The molecule has 1 nitrogen and oxygen atoms in total. The molecule has 0 heterocycles. The number of hydrogen-bond donors (Lipinski definition) is 1. The molecule has 4 heteroatoms. The lowest BCUT2D eigenvalue weighted by Gasteiger charge is -2.03. The van der Waals surface area contributed by atoms with Crippen LogP contribution in [0.15, 0.2) is 15.0 Å². The Balaban J connectivity index is 3.46. The summed E-state index contributed by atoms with van der Waals surface area (Å²) in [4.78, 5) is 0. The SMILES string of the molecule is Cc1cc(Br)c(F)c(Br)c1O. The maximum Gasteiger partial charge on any atom is 0.155 e. The van der Waals surface area contributed by atoms with Gasteiger partial charge in [0.25, 0.3) is 0 Å². The zero-order chi connectivity index (χ0) is 8.59. The van der Waals surface area contributed by atoms with E-state index >= 15 is 0 Å². The fourth-order valence-electron chi connectivity index (χ4n) is 0.704. The molecular formula is C7H5Br2FO. The minimum absolute atomic E-state index is 0.0503. The third-order valence-electron chi connectivity index (χ3n) is 1.33. The second-order valence-corrected chi connectivity index (χ2v) is 3.80. The van der Waals surface area contributed by atoms with Gasteiger partial charge >= 0.3 is 0 Å². The van der Waals surface area contributed by atoms with Crippen LogP contribution < -0.4 is 0 Å². The van der Waals surface area contributed by atoms with Crippen molar-refractivity contribution in [3.05, 3.63) is 26.4 Å². The number of rotatable bonds is 0. The Morgan fingerprint density at radius 2 is 2.00 bits per heavy atom. The molecule has 0 fully saturated rings. The van der Waals surface area contributed by atoms with Gasteiger partial charge in [0, 0.05) is 0 Å². The zero-order valence-electron chi connectivity index (χ0n) is 5.66. The molecule has 1 aromatic carbocycles. The number of phenolic OH excluding ortho intramolecular Hbond substituents is 1. The summed E-state index contributed by atoms with van der Waals surface area (Å²) in [7, 11) is 0. The van der Waals surface area contributed by atoms with Crippen molar-refractivity contribution in [2.75, 3.05) is 0 Å². The lowest BCUT2D eigenvalue weighted by molar-refractivity contribution is 0.459. The lowest BCUT2D eigenvalue weighted by Crippen LogP contribution is -1.84. The average Bonchev–Trinajstić information content (AvgIpc) is 1.97. The van der Waals surface area contributed by atoms with Crippen molar-refractivity contribution in [3.63, 3.8) is 0 Å². The van der Waals surface area contributed by atoms with Crippen LogP contribution in [0.2, 0.25) is 0 Å². The van der Waals surface area contributed by atoms with Gasteiger partial charge in [0.1, 0.15) is 5.75 Å². The molecule has 0 aliphatic carbocycles. The van der Waals surface area contributed by atoms with Gasteiger partial charge in [-0.25, -0.2) is 4.39 Å². The van der Waals surface area contributed by atoms with Gasteiger partial charge in [0.2, 0.25) is 0 Å². The van der Waals surface area contributed by atoms with Gasteiger partial charge in [-0.05, 0) is 50.4 Å².